The molecule has 0 radical (unpaired) electrons. The van der Waals surface area contributed by atoms with Gasteiger partial charge in [0.05, 0.1) is 42.2 Å². The molecular formula is C14H19N7O. The third-order valence-electron chi connectivity index (χ3n) is 3.28. The van der Waals surface area contributed by atoms with Crippen molar-refractivity contribution in [1.82, 2.24) is 29.5 Å². The van der Waals surface area contributed by atoms with Crippen molar-refractivity contribution < 1.29 is 5.11 Å². The number of anilines is 2. The first-order chi connectivity index (χ1) is 10.5. The number of hydrogen-bond donors (Lipinski definition) is 2. The van der Waals surface area contributed by atoms with Gasteiger partial charge in [0.15, 0.2) is 5.65 Å². The summed E-state index contributed by atoms with van der Waals surface area (Å²) in [6.07, 6.45) is 6.87. The van der Waals surface area contributed by atoms with Crippen LogP contribution >= 0.6 is 0 Å². The maximum absolute atomic E-state index is 9.05. The molecule has 0 bridgehead atoms. The molecule has 0 amide bonds. The first-order valence-corrected chi connectivity index (χ1v) is 7.08. The van der Waals surface area contributed by atoms with E-state index in [4.69, 9.17) is 5.11 Å². The van der Waals surface area contributed by atoms with Crippen molar-refractivity contribution in [3.05, 3.63) is 24.9 Å². The highest BCUT2D eigenvalue weighted by molar-refractivity contribution is 5.87. The molecule has 0 atom stereocenters. The van der Waals surface area contributed by atoms with Crippen molar-refractivity contribution in [3.63, 3.8) is 0 Å². The van der Waals surface area contributed by atoms with Gasteiger partial charge >= 0.3 is 0 Å². The van der Waals surface area contributed by atoms with Crippen molar-refractivity contribution in [1.29, 1.82) is 0 Å². The number of nitrogens with one attached hydrogen (secondary N) is 1. The number of rotatable bonds is 4. The summed E-state index contributed by atoms with van der Waals surface area (Å²) in [7, 11) is 0. The Morgan fingerprint density at radius 1 is 1.18 bits per heavy atom. The van der Waals surface area contributed by atoms with Crippen LogP contribution in [0.25, 0.3) is 11.0 Å². The summed E-state index contributed by atoms with van der Waals surface area (Å²) in [5.41, 5.74) is 1.46. The molecule has 8 nitrogen and oxygen atoms in total. The summed E-state index contributed by atoms with van der Waals surface area (Å²) in [5.74, 6) is 0.669. The molecule has 0 saturated heterocycles. The topological polar surface area (TPSA) is 93.7 Å². The molecule has 0 fully saturated rings. The number of aromatic nitrogens is 6. The number of aliphatic hydroxyl groups excluding tert-OH is 1. The normalized spacial score (nSPS) is 12.0. The van der Waals surface area contributed by atoms with E-state index in [1.807, 2.05) is 10.9 Å². The number of hydrogen-bond acceptors (Lipinski definition) is 6. The first-order valence-electron chi connectivity index (χ1n) is 7.08. The molecule has 116 valence electrons. The maximum Gasteiger partial charge on any atom is 0.163 e. The standard InChI is InChI=1S/C14H19N7O/c1-14(2,3)21-8-10(6-18-21)19-12-11-7-17-20(4-5-22)13(11)16-9-15-12/h6-9,22H,4-5H2,1-3H3,(H,15,16,19). The van der Waals surface area contributed by atoms with Crippen molar-refractivity contribution in [3.8, 4) is 0 Å². The first kappa shape index (κ1) is 14.5. The van der Waals surface area contributed by atoms with E-state index in [0.29, 0.717) is 18.0 Å². The molecule has 0 spiro atoms. The predicted molar refractivity (Wildman–Crippen MR) is 82.9 cm³/mol. The van der Waals surface area contributed by atoms with E-state index >= 15 is 0 Å². The molecule has 0 aliphatic heterocycles. The fourth-order valence-electron chi connectivity index (χ4n) is 2.14. The minimum absolute atomic E-state index is 0.0158. The predicted octanol–water partition coefficient (Wildman–Crippen LogP) is 1.51. The van der Waals surface area contributed by atoms with Gasteiger partial charge in [0.1, 0.15) is 12.1 Å². The summed E-state index contributed by atoms with van der Waals surface area (Å²) in [6, 6.07) is 0. The average Bonchev–Trinajstić information content (AvgIpc) is 3.07. The largest absolute Gasteiger partial charge is 0.394 e. The van der Waals surface area contributed by atoms with Gasteiger partial charge in [-0.25, -0.2) is 14.6 Å². The van der Waals surface area contributed by atoms with Crippen LogP contribution in [-0.2, 0) is 12.1 Å². The van der Waals surface area contributed by atoms with Gasteiger partial charge in [-0.15, -0.1) is 0 Å². The smallest absolute Gasteiger partial charge is 0.163 e. The molecule has 22 heavy (non-hydrogen) atoms. The highest BCUT2D eigenvalue weighted by Crippen LogP contribution is 2.23. The van der Waals surface area contributed by atoms with Gasteiger partial charge in [-0.2, -0.15) is 10.2 Å². The van der Waals surface area contributed by atoms with E-state index in [9.17, 15) is 0 Å². The molecule has 0 aromatic carbocycles. The Morgan fingerprint density at radius 3 is 2.68 bits per heavy atom. The van der Waals surface area contributed by atoms with Crippen molar-refractivity contribution in [2.24, 2.45) is 0 Å². The molecule has 0 unspecified atom stereocenters. The van der Waals surface area contributed by atoms with Crippen LogP contribution < -0.4 is 5.32 Å². The molecule has 2 N–H and O–H groups in total. The number of nitrogens with zero attached hydrogens (tertiary/aromatic N) is 6. The number of fused-ring (bicyclic) bond motifs is 1. The summed E-state index contributed by atoms with van der Waals surface area (Å²) < 4.78 is 3.55. The van der Waals surface area contributed by atoms with Crippen LogP contribution in [0.3, 0.4) is 0 Å². The molecule has 3 heterocycles. The SMILES string of the molecule is CC(C)(C)n1cc(Nc2ncnc3c2cnn3CCO)cn1. The summed E-state index contributed by atoms with van der Waals surface area (Å²) in [5, 5.41) is 21.7. The van der Waals surface area contributed by atoms with Crippen LogP contribution in [0, 0.1) is 0 Å². The van der Waals surface area contributed by atoms with Gasteiger partial charge in [0, 0.05) is 6.20 Å². The maximum atomic E-state index is 9.05. The third kappa shape index (κ3) is 2.64. The Morgan fingerprint density at radius 2 is 2.00 bits per heavy atom. The van der Waals surface area contributed by atoms with Crippen molar-refractivity contribution in [2.45, 2.75) is 32.9 Å². The zero-order chi connectivity index (χ0) is 15.7. The molecule has 0 aliphatic rings. The molecule has 0 saturated carbocycles. The molecule has 3 aromatic rings. The lowest BCUT2D eigenvalue weighted by Gasteiger charge is -2.18. The lowest BCUT2D eigenvalue weighted by Crippen LogP contribution is -2.21. The van der Waals surface area contributed by atoms with E-state index in [1.165, 1.54) is 6.33 Å². The van der Waals surface area contributed by atoms with Gasteiger partial charge in [-0.3, -0.25) is 4.68 Å². The Balaban J connectivity index is 1.92. The summed E-state index contributed by atoms with van der Waals surface area (Å²) in [4.78, 5) is 8.50. The number of aliphatic hydroxyl groups is 1. The lowest BCUT2D eigenvalue weighted by atomic mass is 10.1. The second-order valence-corrected chi connectivity index (χ2v) is 6.02. The molecule has 8 heteroatoms. The Kier molecular flexibility index (Phi) is 3.53. The highest BCUT2D eigenvalue weighted by atomic mass is 16.3. The highest BCUT2D eigenvalue weighted by Gasteiger charge is 2.15. The average molecular weight is 301 g/mol. The van der Waals surface area contributed by atoms with E-state index in [2.05, 4.69) is 46.3 Å². The van der Waals surface area contributed by atoms with Gasteiger partial charge in [-0.1, -0.05) is 0 Å². The zero-order valence-electron chi connectivity index (χ0n) is 12.9. The van der Waals surface area contributed by atoms with Gasteiger partial charge < -0.3 is 10.4 Å². The minimum Gasteiger partial charge on any atom is -0.394 e. The summed E-state index contributed by atoms with van der Waals surface area (Å²) >= 11 is 0. The molecule has 0 aliphatic carbocycles. The van der Waals surface area contributed by atoms with Crippen LogP contribution in [0.1, 0.15) is 20.8 Å². The second kappa shape index (κ2) is 5.38. The Bertz CT molecular complexity index is 784. The molecule has 3 rings (SSSR count). The van der Waals surface area contributed by atoms with Crippen molar-refractivity contribution >= 4 is 22.5 Å². The van der Waals surface area contributed by atoms with Crippen LogP contribution in [0.15, 0.2) is 24.9 Å². The lowest BCUT2D eigenvalue weighted by molar-refractivity contribution is 0.271. The van der Waals surface area contributed by atoms with Gasteiger partial charge in [-0.05, 0) is 20.8 Å². The quantitative estimate of drug-likeness (QED) is 0.758. The molecular weight excluding hydrogens is 282 g/mol. The van der Waals surface area contributed by atoms with Crippen LogP contribution in [0.2, 0.25) is 0 Å². The van der Waals surface area contributed by atoms with Crippen molar-refractivity contribution in [2.75, 3.05) is 11.9 Å². The van der Waals surface area contributed by atoms with E-state index in [1.54, 1.807) is 17.1 Å². The fourth-order valence-corrected chi connectivity index (χ4v) is 2.14. The van der Waals surface area contributed by atoms with E-state index in [-0.39, 0.29) is 12.1 Å². The van der Waals surface area contributed by atoms with Crippen LogP contribution in [-0.4, -0.2) is 41.2 Å². The third-order valence-corrected chi connectivity index (χ3v) is 3.28. The molecule has 3 aromatic heterocycles. The summed E-state index contributed by atoms with van der Waals surface area (Å²) in [6.45, 7) is 6.69. The Hall–Kier alpha value is -2.48. The minimum atomic E-state index is -0.0765. The Labute approximate surface area is 127 Å². The fraction of sp³-hybridized carbons (Fsp3) is 0.429. The second-order valence-electron chi connectivity index (χ2n) is 6.02. The van der Waals surface area contributed by atoms with Crippen LogP contribution in [0.5, 0.6) is 0 Å². The van der Waals surface area contributed by atoms with E-state index in [0.717, 1.165) is 11.1 Å². The van der Waals surface area contributed by atoms with Gasteiger partial charge in [0.25, 0.3) is 0 Å². The zero-order valence-corrected chi connectivity index (χ0v) is 12.9. The van der Waals surface area contributed by atoms with Crippen LogP contribution in [0.4, 0.5) is 11.5 Å². The van der Waals surface area contributed by atoms with Gasteiger partial charge in [0.2, 0.25) is 0 Å². The van der Waals surface area contributed by atoms with E-state index < -0.39 is 0 Å². The monoisotopic (exact) mass is 301 g/mol.